The molecule has 0 bridgehead atoms. The molecule has 0 unspecified atom stereocenters. The summed E-state index contributed by atoms with van der Waals surface area (Å²) < 4.78 is 80.3. The molecular weight excluding hydrogens is 511 g/mol. The Morgan fingerprint density at radius 1 is 0.590 bits per heavy atom. The Bertz CT molecular complexity index is 2170. The molecule has 0 atom stereocenters. The zero-order valence-corrected chi connectivity index (χ0v) is 19.7. The fourth-order valence-corrected chi connectivity index (χ4v) is 5.35. The first kappa shape index (κ1) is 23.0. The maximum Gasteiger partial charge on any atom is 0.200 e. The van der Waals surface area contributed by atoms with Crippen molar-refractivity contribution in [3.8, 4) is 22.9 Å². The molecule has 0 fully saturated rings. The number of benzene rings is 5. The second-order valence-corrected chi connectivity index (χ2v) is 9.07. The lowest BCUT2D eigenvalue weighted by molar-refractivity contribution is 0.381. The molecule has 7 rings (SSSR count). The summed E-state index contributed by atoms with van der Waals surface area (Å²) in [6, 6.07) is 24.4. The van der Waals surface area contributed by atoms with Crippen molar-refractivity contribution in [2.45, 2.75) is 0 Å². The van der Waals surface area contributed by atoms with Gasteiger partial charge in [0.05, 0.1) is 27.8 Å². The maximum atomic E-state index is 15.1. The quantitative estimate of drug-likeness (QED) is 0.129. The first-order valence-electron chi connectivity index (χ1n) is 11.8. The summed E-state index contributed by atoms with van der Waals surface area (Å²) in [4.78, 5) is 0. The van der Waals surface area contributed by atoms with Gasteiger partial charge >= 0.3 is 0 Å². The van der Waals surface area contributed by atoms with Crippen molar-refractivity contribution < 1.29 is 26.4 Å². The largest absolute Gasteiger partial charge is 0.456 e. The van der Waals surface area contributed by atoms with E-state index in [0.29, 0.717) is 22.2 Å². The number of rotatable bonds is 2. The van der Waals surface area contributed by atoms with Crippen molar-refractivity contribution >= 4 is 43.7 Å². The zero-order chi connectivity index (χ0) is 27.0. The summed E-state index contributed by atoms with van der Waals surface area (Å²) in [6.45, 7) is 0. The number of hydrogen-bond acceptors (Lipinski definition) is 2. The Morgan fingerprint density at radius 2 is 1.26 bits per heavy atom. The Morgan fingerprint density at radius 3 is 2.00 bits per heavy atom. The van der Waals surface area contributed by atoms with Gasteiger partial charge in [-0.2, -0.15) is 5.26 Å². The van der Waals surface area contributed by atoms with Crippen LogP contribution in [0.3, 0.4) is 0 Å². The minimum Gasteiger partial charge on any atom is -0.456 e. The Labute approximate surface area is 216 Å². The van der Waals surface area contributed by atoms with Crippen molar-refractivity contribution in [1.29, 1.82) is 5.26 Å². The monoisotopic (exact) mass is 524 g/mol. The minimum atomic E-state index is -2.25. The summed E-state index contributed by atoms with van der Waals surface area (Å²) in [5, 5.41) is 13.3. The van der Waals surface area contributed by atoms with E-state index < -0.39 is 34.6 Å². The van der Waals surface area contributed by atoms with Crippen LogP contribution in [0.2, 0.25) is 0 Å². The first-order valence-corrected chi connectivity index (χ1v) is 11.8. The van der Waals surface area contributed by atoms with Crippen molar-refractivity contribution in [2.24, 2.45) is 0 Å². The second-order valence-electron chi connectivity index (χ2n) is 9.07. The summed E-state index contributed by atoms with van der Waals surface area (Å²) >= 11 is 0. The summed E-state index contributed by atoms with van der Waals surface area (Å²) in [5.74, 6) is -10.4. The van der Waals surface area contributed by atoms with Crippen LogP contribution in [0.1, 0.15) is 5.56 Å². The van der Waals surface area contributed by atoms with E-state index >= 15 is 8.78 Å². The molecule has 0 saturated carbocycles. The van der Waals surface area contributed by atoms with Gasteiger partial charge < -0.3 is 8.98 Å². The predicted molar refractivity (Wildman–Crippen MR) is 138 cm³/mol. The normalized spacial score (nSPS) is 11.7. The second kappa shape index (κ2) is 8.17. The lowest BCUT2D eigenvalue weighted by Gasteiger charge is -2.17. The molecule has 0 radical (unpaired) electrons. The van der Waals surface area contributed by atoms with Crippen molar-refractivity contribution in [3.63, 3.8) is 0 Å². The number of hydrogen-bond donors (Lipinski definition) is 0. The summed E-state index contributed by atoms with van der Waals surface area (Å²) in [7, 11) is 0. The molecule has 0 spiro atoms. The summed E-state index contributed by atoms with van der Waals surface area (Å²) in [5.41, 5.74) is 0.792. The van der Waals surface area contributed by atoms with Gasteiger partial charge in [0.1, 0.15) is 17.2 Å². The van der Waals surface area contributed by atoms with E-state index in [1.54, 1.807) is 22.8 Å². The predicted octanol–water partition coefficient (Wildman–Crippen LogP) is 8.92. The third kappa shape index (κ3) is 3.07. The standard InChI is InChI=1S/C31H13F5N2O/c32-26-25(27(33)29(35)30(36)28(26)34)18-9-5-6-15(14-37)31(18)38-21-10-3-1-7-16(21)19-12-20-17-8-2-4-11-23(17)39-24(20)13-22(19)38/h1-13H. The van der Waals surface area contributed by atoms with E-state index in [0.717, 1.165) is 21.5 Å². The highest BCUT2D eigenvalue weighted by atomic mass is 19.2. The third-order valence-electron chi connectivity index (χ3n) is 7.03. The van der Waals surface area contributed by atoms with Gasteiger partial charge in [-0.25, -0.2) is 22.0 Å². The SMILES string of the molecule is N#Cc1cccc(-c2c(F)c(F)c(F)c(F)c2F)c1-n1c2ccccc2c2cc3c(cc21)oc1ccccc13. The van der Waals surface area contributed by atoms with Crippen LogP contribution in [0.25, 0.3) is 60.6 Å². The molecule has 2 aromatic heterocycles. The van der Waals surface area contributed by atoms with E-state index in [1.165, 1.54) is 18.2 Å². The number of furan rings is 1. The molecule has 8 heteroatoms. The molecule has 7 aromatic rings. The van der Waals surface area contributed by atoms with Gasteiger partial charge in [-0.05, 0) is 24.3 Å². The van der Waals surface area contributed by atoms with Crippen LogP contribution >= 0.6 is 0 Å². The van der Waals surface area contributed by atoms with Crippen LogP contribution in [0, 0.1) is 40.4 Å². The van der Waals surface area contributed by atoms with Crippen LogP contribution in [0.15, 0.2) is 83.3 Å². The molecule has 0 aliphatic carbocycles. The van der Waals surface area contributed by atoms with Gasteiger partial charge in [-0.15, -0.1) is 0 Å². The number of halogens is 5. The average Bonchev–Trinajstić information content (AvgIpc) is 3.48. The maximum absolute atomic E-state index is 15.1. The van der Waals surface area contributed by atoms with Gasteiger partial charge in [0.15, 0.2) is 23.3 Å². The Hall–Kier alpha value is -5.16. The molecule has 188 valence electrons. The zero-order valence-electron chi connectivity index (χ0n) is 19.7. The van der Waals surface area contributed by atoms with Gasteiger partial charge in [-0.1, -0.05) is 48.5 Å². The molecule has 39 heavy (non-hydrogen) atoms. The smallest absolute Gasteiger partial charge is 0.200 e. The Kier molecular flexibility index (Phi) is 4.82. The van der Waals surface area contributed by atoms with Crippen molar-refractivity contribution in [2.75, 3.05) is 0 Å². The minimum absolute atomic E-state index is 0.0233. The molecule has 0 N–H and O–H groups in total. The van der Waals surface area contributed by atoms with E-state index in [2.05, 4.69) is 0 Å². The van der Waals surface area contributed by atoms with Crippen LogP contribution in [0.5, 0.6) is 0 Å². The lowest BCUT2D eigenvalue weighted by atomic mass is 9.98. The molecule has 0 aliphatic rings. The highest BCUT2D eigenvalue weighted by molar-refractivity contribution is 6.17. The van der Waals surface area contributed by atoms with Gasteiger partial charge in [0.2, 0.25) is 5.82 Å². The van der Waals surface area contributed by atoms with Gasteiger partial charge in [0, 0.05) is 33.2 Å². The topological polar surface area (TPSA) is 41.9 Å². The van der Waals surface area contributed by atoms with Crippen LogP contribution < -0.4 is 0 Å². The highest BCUT2D eigenvalue weighted by Crippen LogP contribution is 2.42. The van der Waals surface area contributed by atoms with E-state index in [4.69, 9.17) is 4.42 Å². The average molecular weight is 524 g/mol. The number of fused-ring (bicyclic) bond motifs is 6. The fourth-order valence-electron chi connectivity index (χ4n) is 5.35. The highest BCUT2D eigenvalue weighted by Gasteiger charge is 2.30. The summed E-state index contributed by atoms with van der Waals surface area (Å²) in [6.07, 6.45) is 0. The van der Waals surface area contributed by atoms with Crippen LogP contribution in [-0.2, 0) is 0 Å². The van der Waals surface area contributed by atoms with Crippen molar-refractivity contribution in [1.82, 2.24) is 4.57 Å². The molecule has 0 amide bonds. The van der Waals surface area contributed by atoms with E-state index in [-0.39, 0.29) is 16.8 Å². The number of para-hydroxylation sites is 3. The van der Waals surface area contributed by atoms with Crippen LogP contribution in [0.4, 0.5) is 22.0 Å². The van der Waals surface area contributed by atoms with Crippen molar-refractivity contribution in [3.05, 3.63) is 114 Å². The van der Waals surface area contributed by atoms with Gasteiger partial charge in [0.25, 0.3) is 0 Å². The fraction of sp³-hybridized carbons (Fsp3) is 0. The van der Waals surface area contributed by atoms with E-state index in [9.17, 15) is 18.4 Å². The third-order valence-corrected chi connectivity index (χ3v) is 7.03. The first-order chi connectivity index (χ1) is 18.9. The molecule has 0 aliphatic heterocycles. The van der Waals surface area contributed by atoms with Crippen LogP contribution in [-0.4, -0.2) is 4.57 Å². The molecule has 5 aromatic carbocycles. The molecular formula is C31H13F5N2O. The Balaban J connectivity index is 1.68. The van der Waals surface area contributed by atoms with Gasteiger partial charge in [-0.3, -0.25) is 0 Å². The number of aromatic nitrogens is 1. The van der Waals surface area contributed by atoms with E-state index in [1.807, 2.05) is 48.5 Å². The molecule has 3 nitrogen and oxygen atoms in total. The number of nitrogens with zero attached hydrogens (tertiary/aromatic N) is 2. The number of nitriles is 1. The lowest BCUT2D eigenvalue weighted by Crippen LogP contribution is -2.07. The molecule has 0 saturated heterocycles. The molecule has 2 heterocycles.